The molecule has 1 N–H and O–H groups in total. The van der Waals surface area contributed by atoms with Crippen LogP contribution >= 0.6 is 11.6 Å². The van der Waals surface area contributed by atoms with Crippen LogP contribution in [0.15, 0.2) is 6.20 Å². The highest BCUT2D eigenvalue weighted by Crippen LogP contribution is 2.41. The molecule has 6 heteroatoms. The molecule has 1 aromatic heterocycles. The first kappa shape index (κ1) is 15.8. The summed E-state index contributed by atoms with van der Waals surface area (Å²) in [7, 11) is 3.64. The number of methoxy groups -OCH3 is 1. The smallest absolute Gasteiger partial charge is 0.0835 e. The summed E-state index contributed by atoms with van der Waals surface area (Å²) in [5.74, 6) is 0.620. The third kappa shape index (κ3) is 3.52. The second kappa shape index (κ2) is 7.41. The van der Waals surface area contributed by atoms with Crippen LogP contribution in [0.5, 0.6) is 0 Å². The maximum atomic E-state index is 6.35. The van der Waals surface area contributed by atoms with E-state index in [2.05, 4.69) is 10.4 Å². The third-order valence-corrected chi connectivity index (χ3v) is 4.01. The molecule has 0 aromatic carbocycles. The van der Waals surface area contributed by atoms with Gasteiger partial charge in [0, 0.05) is 13.7 Å². The van der Waals surface area contributed by atoms with Crippen molar-refractivity contribution in [1.82, 2.24) is 15.1 Å². The van der Waals surface area contributed by atoms with Crippen molar-refractivity contribution in [2.24, 2.45) is 5.92 Å². The van der Waals surface area contributed by atoms with Crippen LogP contribution < -0.4 is 5.32 Å². The number of halogens is 1. The van der Waals surface area contributed by atoms with Gasteiger partial charge in [-0.25, -0.2) is 0 Å². The molecular weight excluding hydrogens is 278 g/mol. The zero-order chi connectivity index (χ0) is 14.5. The fraction of sp³-hybridized carbons (Fsp3) is 0.786. The van der Waals surface area contributed by atoms with Crippen LogP contribution in [-0.2, 0) is 16.0 Å². The number of rotatable bonds is 9. The summed E-state index contributed by atoms with van der Waals surface area (Å²) >= 11 is 6.35. The number of aromatic nitrogens is 2. The van der Waals surface area contributed by atoms with Gasteiger partial charge in [-0.15, -0.1) is 0 Å². The van der Waals surface area contributed by atoms with E-state index in [1.54, 1.807) is 13.3 Å². The molecule has 1 aliphatic carbocycles. The van der Waals surface area contributed by atoms with Gasteiger partial charge in [0.25, 0.3) is 0 Å². The minimum Gasteiger partial charge on any atom is -0.383 e. The van der Waals surface area contributed by atoms with Crippen molar-refractivity contribution in [3.05, 3.63) is 16.9 Å². The van der Waals surface area contributed by atoms with Gasteiger partial charge in [0.2, 0.25) is 0 Å². The highest BCUT2D eigenvalue weighted by Gasteiger charge is 2.39. The van der Waals surface area contributed by atoms with Gasteiger partial charge in [0.1, 0.15) is 0 Å². The Bertz CT molecular complexity index is 421. The van der Waals surface area contributed by atoms with Crippen molar-refractivity contribution < 1.29 is 9.47 Å². The summed E-state index contributed by atoms with van der Waals surface area (Å²) < 4.78 is 13.0. The molecule has 2 atom stereocenters. The second-order valence-corrected chi connectivity index (χ2v) is 5.52. The minimum atomic E-state index is 0.0642. The van der Waals surface area contributed by atoms with Gasteiger partial charge in [0.15, 0.2) is 0 Å². The lowest BCUT2D eigenvalue weighted by molar-refractivity contribution is 0.0180. The van der Waals surface area contributed by atoms with Gasteiger partial charge in [-0.2, -0.15) is 5.10 Å². The first-order valence-corrected chi connectivity index (χ1v) is 7.59. The Morgan fingerprint density at radius 1 is 1.55 bits per heavy atom. The number of ether oxygens (including phenoxy) is 2. The zero-order valence-electron chi connectivity index (χ0n) is 12.4. The lowest BCUT2D eigenvalue weighted by atomic mass is 10.0. The van der Waals surface area contributed by atoms with Crippen LogP contribution in [0.4, 0.5) is 0 Å². The summed E-state index contributed by atoms with van der Waals surface area (Å²) in [5, 5.41) is 8.40. The van der Waals surface area contributed by atoms with E-state index in [4.69, 9.17) is 21.1 Å². The predicted octanol–water partition coefficient (Wildman–Crippen LogP) is 2.26. The molecule has 0 radical (unpaired) electrons. The van der Waals surface area contributed by atoms with Crippen molar-refractivity contribution in [1.29, 1.82) is 0 Å². The number of nitrogens with one attached hydrogen (secondary N) is 1. The first-order valence-electron chi connectivity index (χ1n) is 7.21. The highest BCUT2D eigenvalue weighted by molar-refractivity contribution is 6.31. The molecular formula is C14H24ClN3O2. The van der Waals surface area contributed by atoms with Gasteiger partial charge in [-0.1, -0.05) is 11.6 Å². The topological polar surface area (TPSA) is 48.3 Å². The summed E-state index contributed by atoms with van der Waals surface area (Å²) in [6, 6.07) is 0.0642. The molecule has 2 unspecified atom stereocenters. The Kier molecular flexibility index (Phi) is 5.84. The molecule has 1 aromatic rings. The number of hydrogen-bond acceptors (Lipinski definition) is 4. The Morgan fingerprint density at radius 3 is 2.85 bits per heavy atom. The molecule has 0 amide bonds. The molecule has 114 valence electrons. The van der Waals surface area contributed by atoms with Crippen LogP contribution in [0.25, 0.3) is 0 Å². The normalized spacial score (nSPS) is 18.2. The molecule has 1 heterocycles. The van der Waals surface area contributed by atoms with Crippen molar-refractivity contribution >= 4 is 11.6 Å². The fourth-order valence-corrected chi connectivity index (χ4v) is 2.87. The number of likely N-dealkylation sites (N-methyl/N-ethyl adjacent to an activating group) is 1. The van der Waals surface area contributed by atoms with E-state index in [0.717, 1.165) is 5.69 Å². The van der Waals surface area contributed by atoms with E-state index in [9.17, 15) is 0 Å². The third-order valence-electron chi connectivity index (χ3n) is 3.72. The van der Waals surface area contributed by atoms with Crippen LogP contribution in [0.3, 0.4) is 0 Å². The lowest BCUT2D eigenvalue weighted by Crippen LogP contribution is -2.35. The van der Waals surface area contributed by atoms with Crippen molar-refractivity contribution in [3.63, 3.8) is 0 Å². The lowest BCUT2D eigenvalue weighted by Gasteiger charge is -2.28. The van der Waals surface area contributed by atoms with E-state index in [-0.39, 0.29) is 12.1 Å². The maximum absolute atomic E-state index is 6.35. The van der Waals surface area contributed by atoms with Gasteiger partial charge in [-0.05, 0) is 32.7 Å². The molecule has 5 nitrogen and oxygen atoms in total. The number of hydrogen-bond donors (Lipinski definition) is 1. The molecule has 1 saturated carbocycles. The fourth-order valence-electron chi connectivity index (χ4n) is 2.62. The summed E-state index contributed by atoms with van der Waals surface area (Å²) in [6.45, 7) is 4.06. The monoisotopic (exact) mass is 301 g/mol. The van der Waals surface area contributed by atoms with Crippen LogP contribution in [0.2, 0.25) is 5.02 Å². The Morgan fingerprint density at radius 2 is 2.30 bits per heavy atom. The van der Waals surface area contributed by atoms with Crippen LogP contribution in [0, 0.1) is 5.92 Å². The van der Waals surface area contributed by atoms with E-state index in [0.29, 0.717) is 30.7 Å². The van der Waals surface area contributed by atoms with Crippen molar-refractivity contribution in [2.45, 2.75) is 38.5 Å². The second-order valence-electron chi connectivity index (χ2n) is 5.12. The highest BCUT2D eigenvalue weighted by atomic mass is 35.5. The van der Waals surface area contributed by atoms with E-state index in [1.165, 1.54) is 12.8 Å². The van der Waals surface area contributed by atoms with E-state index >= 15 is 0 Å². The first-order chi connectivity index (χ1) is 9.72. The van der Waals surface area contributed by atoms with Gasteiger partial charge in [-0.3, -0.25) is 4.68 Å². The quantitative estimate of drug-likeness (QED) is 0.760. The molecule has 1 fully saturated rings. The van der Waals surface area contributed by atoms with E-state index in [1.807, 2.05) is 18.7 Å². The molecule has 0 aliphatic heterocycles. The standard InChI is InChI=1S/C14H24ClN3O2/c1-4-20-14(10-5-6-10)12(16-2)13-11(15)9-17-18(13)7-8-19-3/h9-10,12,14,16H,4-8H2,1-3H3. The van der Waals surface area contributed by atoms with Crippen LogP contribution in [0.1, 0.15) is 31.5 Å². The SMILES string of the molecule is CCOC(C1CC1)C(NC)c1c(Cl)cnn1CCOC. The molecule has 20 heavy (non-hydrogen) atoms. The Labute approximate surface area is 125 Å². The van der Waals surface area contributed by atoms with Crippen LogP contribution in [-0.4, -0.2) is 43.3 Å². The summed E-state index contributed by atoms with van der Waals surface area (Å²) in [6.07, 6.45) is 4.31. The van der Waals surface area contributed by atoms with Gasteiger partial charge >= 0.3 is 0 Å². The maximum Gasteiger partial charge on any atom is 0.0835 e. The Balaban J connectivity index is 2.22. The van der Waals surface area contributed by atoms with Crippen molar-refractivity contribution in [3.8, 4) is 0 Å². The van der Waals surface area contributed by atoms with Crippen molar-refractivity contribution in [2.75, 3.05) is 27.4 Å². The number of nitrogens with zero attached hydrogens (tertiary/aromatic N) is 2. The average molecular weight is 302 g/mol. The average Bonchev–Trinajstić information content (AvgIpc) is 3.23. The summed E-state index contributed by atoms with van der Waals surface area (Å²) in [4.78, 5) is 0. The van der Waals surface area contributed by atoms with Gasteiger partial charge < -0.3 is 14.8 Å². The Hall–Kier alpha value is -0.620. The molecule has 0 saturated heterocycles. The molecule has 0 bridgehead atoms. The molecule has 0 spiro atoms. The molecule has 1 aliphatic rings. The largest absolute Gasteiger partial charge is 0.383 e. The zero-order valence-corrected chi connectivity index (χ0v) is 13.2. The summed E-state index contributed by atoms with van der Waals surface area (Å²) in [5.41, 5.74) is 0.997. The van der Waals surface area contributed by atoms with E-state index < -0.39 is 0 Å². The predicted molar refractivity (Wildman–Crippen MR) is 79.1 cm³/mol. The molecule has 2 rings (SSSR count). The minimum absolute atomic E-state index is 0.0642. The van der Waals surface area contributed by atoms with Gasteiger partial charge in [0.05, 0.1) is 42.2 Å².